The van der Waals surface area contributed by atoms with Crippen molar-refractivity contribution >= 4 is 29.2 Å². The predicted molar refractivity (Wildman–Crippen MR) is 57.9 cm³/mol. The second-order valence-corrected chi connectivity index (χ2v) is 3.96. The Morgan fingerprint density at radius 1 is 1.43 bits per heavy atom. The number of benzene rings is 1. The summed E-state index contributed by atoms with van der Waals surface area (Å²) in [6.07, 6.45) is 0.818. The van der Waals surface area contributed by atoms with Crippen molar-refractivity contribution in [2.75, 3.05) is 0 Å². The molecule has 0 aliphatic rings. The van der Waals surface area contributed by atoms with Crippen molar-refractivity contribution in [2.45, 2.75) is 0 Å². The highest BCUT2D eigenvalue weighted by Gasteiger charge is 2.03. The Labute approximate surface area is 90.2 Å². The molecule has 1 aromatic heterocycles. The molecule has 0 fully saturated rings. The van der Waals surface area contributed by atoms with Crippen molar-refractivity contribution in [2.24, 2.45) is 0 Å². The van der Waals surface area contributed by atoms with E-state index in [1.165, 1.54) is 11.3 Å². The molecule has 4 heteroatoms. The Morgan fingerprint density at radius 3 is 2.93 bits per heavy atom. The number of aromatic nitrogens is 1. The van der Waals surface area contributed by atoms with Crippen LogP contribution in [0.4, 0.5) is 0 Å². The van der Waals surface area contributed by atoms with Crippen LogP contribution in [-0.4, -0.2) is 11.3 Å². The van der Waals surface area contributed by atoms with E-state index in [1.54, 1.807) is 17.5 Å². The van der Waals surface area contributed by atoms with Gasteiger partial charge in [-0.1, -0.05) is 29.8 Å². The van der Waals surface area contributed by atoms with E-state index in [0.29, 0.717) is 10.7 Å². The molecule has 0 aliphatic carbocycles. The fourth-order valence-corrected chi connectivity index (χ4v) is 2.08. The summed E-state index contributed by atoms with van der Waals surface area (Å²) in [7, 11) is 0. The van der Waals surface area contributed by atoms with Crippen LogP contribution in [-0.2, 0) is 0 Å². The minimum Gasteiger partial charge on any atom is -0.298 e. The Morgan fingerprint density at radius 2 is 2.29 bits per heavy atom. The smallest absolute Gasteiger partial charge is 0.150 e. The maximum absolute atomic E-state index is 10.6. The standard InChI is InChI=1S/C10H6ClNOS/c11-9-6-14-10(12-9)8-3-1-2-7(4-8)5-13/h1-6H. The molecular formula is C10H6ClNOS. The van der Waals surface area contributed by atoms with Crippen LogP contribution in [0.3, 0.4) is 0 Å². The van der Waals surface area contributed by atoms with Crippen LogP contribution in [0.1, 0.15) is 10.4 Å². The first-order valence-corrected chi connectivity index (χ1v) is 5.22. The molecule has 1 aromatic carbocycles. The number of hydrogen-bond acceptors (Lipinski definition) is 3. The molecule has 0 N–H and O–H groups in total. The first kappa shape index (κ1) is 9.37. The molecule has 0 radical (unpaired) electrons. The number of halogens is 1. The van der Waals surface area contributed by atoms with Crippen LogP contribution < -0.4 is 0 Å². The average molecular weight is 224 g/mol. The van der Waals surface area contributed by atoms with Gasteiger partial charge in [-0.25, -0.2) is 4.98 Å². The second kappa shape index (κ2) is 3.90. The molecule has 0 bridgehead atoms. The monoisotopic (exact) mass is 223 g/mol. The first-order chi connectivity index (χ1) is 6.79. The lowest BCUT2D eigenvalue weighted by Gasteiger charge is -1.95. The quantitative estimate of drug-likeness (QED) is 0.732. The predicted octanol–water partition coefficient (Wildman–Crippen LogP) is 3.28. The van der Waals surface area contributed by atoms with Crippen molar-refractivity contribution < 1.29 is 4.79 Å². The molecular weight excluding hydrogens is 218 g/mol. The fraction of sp³-hybridized carbons (Fsp3) is 0. The van der Waals surface area contributed by atoms with Gasteiger partial charge in [0.15, 0.2) is 0 Å². The third-order valence-corrected chi connectivity index (χ3v) is 2.96. The van der Waals surface area contributed by atoms with Gasteiger partial charge in [0.05, 0.1) is 0 Å². The molecule has 0 spiro atoms. The Hall–Kier alpha value is -1.19. The molecule has 0 aliphatic heterocycles. The molecule has 2 aromatic rings. The summed E-state index contributed by atoms with van der Waals surface area (Å²) in [5, 5.41) is 3.09. The number of aldehydes is 1. The third-order valence-electron chi connectivity index (χ3n) is 1.75. The highest BCUT2D eigenvalue weighted by atomic mass is 35.5. The molecule has 0 saturated heterocycles. The zero-order valence-electron chi connectivity index (χ0n) is 7.11. The topological polar surface area (TPSA) is 30.0 Å². The Bertz CT molecular complexity index is 467. The molecule has 70 valence electrons. The summed E-state index contributed by atoms with van der Waals surface area (Å²) in [5.41, 5.74) is 1.57. The Balaban J connectivity index is 2.46. The largest absolute Gasteiger partial charge is 0.298 e. The van der Waals surface area contributed by atoms with Crippen molar-refractivity contribution in [3.05, 3.63) is 40.4 Å². The van der Waals surface area contributed by atoms with Crippen molar-refractivity contribution in [1.29, 1.82) is 0 Å². The number of carbonyl (C=O) groups excluding carboxylic acids is 1. The highest BCUT2D eigenvalue weighted by Crippen LogP contribution is 2.25. The number of rotatable bonds is 2. The van der Waals surface area contributed by atoms with Gasteiger partial charge in [0.1, 0.15) is 16.4 Å². The van der Waals surface area contributed by atoms with Crippen LogP contribution >= 0.6 is 22.9 Å². The van der Waals surface area contributed by atoms with Gasteiger partial charge >= 0.3 is 0 Å². The van der Waals surface area contributed by atoms with Crippen LogP contribution in [0, 0.1) is 0 Å². The Kier molecular flexibility index (Phi) is 2.61. The molecule has 2 rings (SSSR count). The van der Waals surface area contributed by atoms with Gasteiger partial charge in [0.25, 0.3) is 0 Å². The van der Waals surface area contributed by atoms with Gasteiger partial charge in [-0.2, -0.15) is 0 Å². The molecule has 0 amide bonds. The van der Waals surface area contributed by atoms with E-state index in [-0.39, 0.29) is 0 Å². The summed E-state index contributed by atoms with van der Waals surface area (Å²) < 4.78 is 0. The summed E-state index contributed by atoms with van der Waals surface area (Å²) in [6.45, 7) is 0. The minimum absolute atomic E-state index is 0.488. The lowest BCUT2D eigenvalue weighted by Crippen LogP contribution is -1.81. The van der Waals surface area contributed by atoms with Crippen molar-refractivity contribution in [3.63, 3.8) is 0 Å². The number of hydrogen-bond donors (Lipinski definition) is 0. The van der Waals surface area contributed by atoms with Crippen LogP contribution in [0.25, 0.3) is 10.6 Å². The van der Waals surface area contributed by atoms with Gasteiger partial charge in [-0.05, 0) is 6.07 Å². The van der Waals surface area contributed by atoms with E-state index in [4.69, 9.17) is 11.6 Å². The lowest BCUT2D eigenvalue weighted by atomic mass is 10.1. The highest BCUT2D eigenvalue weighted by molar-refractivity contribution is 7.13. The van der Waals surface area contributed by atoms with Crippen LogP contribution in [0.2, 0.25) is 5.15 Å². The number of thiazole rings is 1. The zero-order chi connectivity index (χ0) is 9.97. The van der Waals surface area contributed by atoms with E-state index < -0.39 is 0 Å². The molecule has 2 nitrogen and oxygen atoms in total. The maximum atomic E-state index is 10.6. The minimum atomic E-state index is 0.488. The van der Waals surface area contributed by atoms with E-state index in [2.05, 4.69) is 4.98 Å². The summed E-state index contributed by atoms with van der Waals surface area (Å²) >= 11 is 7.18. The van der Waals surface area contributed by atoms with Gasteiger partial charge in [0.2, 0.25) is 0 Å². The van der Waals surface area contributed by atoms with Gasteiger partial charge < -0.3 is 0 Å². The normalized spacial score (nSPS) is 10.1. The average Bonchev–Trinajstić information content (AvgIpc) is 2.65. The van der Waals surface area contributed by atoms with Gasteiger partial charge in [-0.3, -0.25) is 4.79 Å². The lowest BCUT2D eigenvalue weighted by molar-refractivity contribution is 0.112. The molecule has 14 heavy (non-hydrogen) atoms. The van der Waals surface area contributed by atoms with Gasteiger partial charge in [-0.15, -0.1) is 11.3 Å². The summed E-state index contributed by atoms with van der Waals surface area (Å²) in [5.74, 6) is 0. The molecule has 1 heterocycles. The molecule has 0 unspecified atom stereocenters. The second-order valence-electron chi connectivity index (χ2n) is 2.72. The summed E-state index contributed by atoms with van der Waals surface area (Å²) in [6, 6.07) is 7.28. The van der Waals surface area contributed by atoms with E-state index >= 15 is 0 Å². The fourth-order valence-electron chi connectivity index (χ4n) is 1.13. The zero-order valence-corrected chi connectivity index (χ0v) is 8.68. The van der Waals surface area contributed by atoms with E-state index in [0.717, 1.165) is 16.9 Å². The summed E-state index contributed by atoms with van der Waals surface area (Å²) in [4.78, 5) is 14.7. The maximum Gasteiger partial charge on any atom is 0.150 e. The van der Waals surface area contributed by atoms with E-state index in [1.807, 2.05) is 12.1 Å². The SMILES string of the molecule is O=Cc1cccc(-c2nc(Cl)cs2)c1. The number of carbonyl (C=O) groups is 1. The van der Waals surface area contributed by atoms with Gasteiger partial charge in [0, 0.05) is 16.5 Å². The van der Waals surface area contributed by atoms with Crippen molar-refractivity contribution in [1.82, 2.24) is 4.98 Å². The van der Waals surface area contributed by atoms with Crippen molar-refractivity contribution in [3.8, 4) is 10.6 Å². The molecule has 0 atom stereocenters. The third kappa shape index (κ3) is 1.84. The first-order valence-electron chi connectivity index (χ1n) is 3.96. The van der Waals surface area contributed by atoms with E-state index in [9.17, 15) is 4.79 Å². The molecule has 0 saturated carbocycles. The number of nitrogens with zero attached hydrogens (tertiary/aromatic N) is 1. The van der Waals surface area contributed by atoms with Crippen LogP contribution in [0.15, 0.2) is 29.6 Å². The van der Waals surface area contributed by atoms with Crippen LogP contribution in [0.5, 0.6) is 0 Å².